The highest BCUT2D eigenvalue weighted by Gasteiger charge is 2.17. The maximum atomic E-state index is 10.5. The van der Waals surface area contributed by atoms with E-state index in [1.54, 1.807) is 6.07 Å². The van der Waals surface area contributed by atoms with Crippen LogP contribution in [0.25, 0.3) is 0 Å². The van der Waals surface area contributed by atoms with Crippen molar-refractivity contribution in [3.8, 4) is 6.07 Å². The van der Waals surface area contributed by atoms with Crippen LogP contribution < -0.4 is 0 Å². The Morgan fingerprint density at radius 3 is 2.27 bits per heavy atom. The Balaban J connectivity index is 3.56. The van der Waals surface area contributed by atoms with Gasteiger partial charge in [-0.3, -0.25) is 19.7 Å². The van der Waals surface area contributed by atoms with Crippen LogP contribution in [0.15, 0.2) is 12.1 Å². The number of nitro groups is 1. The number of hydrogen-bond donors (Lipinski definition) is 0. The molecule has 0 N–H and O–H groups in total. The summed E-state index contributed by atoms with van der Waals surface area (Å²) in [6.07, 6.45) is 0.605. The summed E-state index contributed by atoms with van der Waals surface area (Å²) < 4.78 is 0. The quantitative estimate of drug-likeness (QED) is 0.416. The van der Waals surface area contributed by atoms with Crippen molar-refractivity contribution >= 4 is 18.3 Å². The molecule has 0 spiro atoms. The van der Waals surface area contributed by atoms with Gasteiger partial charge in [-0.25, -0.2) is 0 Å². The lowest BCUT2D eigenvalue weighted by atomic mass is 10.0. The third-order valence-corrected chi connectivity index (χ3v) is 1.77. The predicted molar refractivity (Wildman–Crippen MR) is 48.6 cm³/mol. The van der Waals surface area contributed by atoms with Gasteiger partial charge < -0.3 is 0 Å². The highest BCUT2D eigenvalue weighted by atomic mass is 16.6. The van der Waals surface area contributed by atoms with Crippen molar-refractivity contribution in [2.75, 3.05) is 0 Å². The molecule has 1 aromatic carbocycles. The molecule has 0 atom stereocenters. The zero-order valence-electron chi connectivity index (χ0n) is 7.34. The summed E-state index contributed by atoms with van der Waals surface area (Å²) in [5, 5.41) is 19.1. The zero-order valence-corrected chi connectivity index (χ0v) is 7.34. The monoisotopic (exact) mass is 204 g/mol. The number of benzene rings is 1. The summed E-state index contributed by atoms with van der Waals surface area (Å²) >= 11 is 0. The highest BCUT2D eigenvalue weighted by Crippen LogP contribution is 2.21. The van der Waals surface area contributed by atoms with Crippen LogP contribution in [0.4, 0.5) is 5.69 Å². The third-order valence-electron chi connectivity index (χ3n) is 1.77. The normalized spacial score (nSPS) is 9.00. The van der Waals surface area contributed by atoms with E-state index >= 15 is 0 Å². The van der Waals surface area contributed by atoms with Crippen LogP contribution >= 0.6 is 0 Å². The molecule has 6 heteroatoms. The van der Waals surface area contributed by atoms with Crippen molar-refractivity contribution in [1.29, 1.82) is 5.26 Å². The summed E-state index contributed by atoms with van der Waals surface area (Å²) in [7, 11) is 0. The zero-order chi connectivity index (χ0) is 11.4. The van der Waals surface area contributed by atoms with E-state index in [4.69, 9.17) is 5.26 Å². The van der Waals surface area contributed by atoms with Gasteiger partial charge in [-0.1, -0.05) is 0 Å². The molecule has 1 rings (SSSR count). The fourth-order valence-corrected chi connectivity index (χ4v) is 1.07. The first-order chi connectivity index (χ1) is 7.13. The van der Waals surface area contributed by atoms with E-state index in [2.05, 4.69) is 0 Å². The van der Waals surface area contributed by atoms with Gasteiger partial charge in [-0.05, 0) is 6.07 Å². The minimum atomic E-state index is -0.780. The largest absolute Gasteiger partial charge is 0.298 e. The lowest BCUT2D eigenvalue weighted by Crippen LogP contribution is -1.98. The summed E-state index contributed by atoms with van der Waals surface area (Å²) in [4.78, 5) is 30.7. The van der Waals surface area contributed by atoms with E-state index in [0.717, 1.165) is 12.1 Å². The van der Waals surface area contributed by atoms with E-state index < -0.39 is 10.6 Å². The topological polar surface area (TPSA) is 101 Å². The van der Waals surface area contributed by atoms with Gasteiger partial charge in [0.2, 0.25) is 0 Å². The molecule has 0 heterocycles. The number of nitriles is 1. The van der Waals surface area contributed by atoms with Crippen molar-refractivity contribution in [3.63, 3.8) is 0 Å². The van der Waals surface area contributed by atoms with Gasteiger partial charge >= 0.3 is 0 Å². The summed E-state index contributed by atoms with van der Waals surface area (Å²) in [5.74, 6) is 0. The van der Waals surface area contributed by atoms with E-state index in [-0.39, 0.29) is 23.0 Å². The average molecular weight is 204 g/mol. The Labute approximate surface area is 83.9 Å². The number of rotatable bonds is 3. The Kier molecular flexibility index (Phi) is 2.88. The predicted octanol–water partition coefficient (Wildman–Crippen LogP) is 1.09. The van der Waals surface area contributed by atoms with Gasteiger partial charge in [0, 0.05) is 11.6 Å². The van der Waals surface area contributed by atoms with Crippen LogP contribution in [-0.4, -0.2) is 17.5 Å². The maximum Gasteiger partial charge on any atom is 0.280 e. The summed E-state index contributed by atoms with van der Waals surface area (Å²) in [6, 6.07) is 3.61. The van der Waals surface area contributed by atoms with Crippen molar-refractivity contribution in [1.82, 2.24) is 0 Å². The number of nitro benzene ring substituents is 1. The van der Waals surface area contributed by atoms with Gasteiger partial charge in [-0.2, -0.15) is 5.26 Å². The van der Waals surface area contributed by atoms with Gasteiger partial charge in [0.15, 0.2) is 12.6 Å². The Bertz CT molecular complexity index is 488. The van der Waals surface area contributed by atoms with Gasteiger partial charge in [-0.15, -0.1) is 0 Å². The van der Waals surface area contributed by atoms with Crippen molar-refractivity contribution in [3.05, 3.63) is 38.9 Å². The van der Waals surface area contributed by atoms with Crippen LogP contribution in [0.1, 0.15) is 26.3 Å². The molecule has 0 aliphatic heterocycles. The first-order valence-electron chi connectivity index (χ1n) is 3.77. The summed E-state index contributed by atoms with van der Waals surface area (Å²) in [5.41, 5.74) is -0.860. The Morgan fingerprint density at radius 1 is 1.27 bits per heavy atom. The molecule has 6 nitrogen and oxygen atoms in total. The van der Waals surface area contributed by atoms with Crippen LogP contribution in [0.3, 0.4) is 0 Å². The standard InChI is InChI=1S/C9H4N2O4/c10-3-6-1-8(5-13)9(11(14)15)2-7(6)4-12/h1-2,4-5H. The fourth-order valence-electron chi connectivity index (χ4n) is 1.07. The van der Waals surface area contributed by atoms with Crippen molar-refractivity contribution < 1.29 is 14.5 Å². The molecule has 0 radical (unpaired) electrons. The number of hydrogen-bond acceptors (Lipinski definition) is 5. The fraction of sp³-hybridized carbons (Fsp3) is 0. The number of aldehydes is 2. The van der Waals surface area contributed by atoms with E-state index in [9.17, 15) is 19.7 Å². The average Bonchev–Trinajstić information content (AvgIpc) is 2.26. The van der Waals surface area contributed by atoms with Crippen LogP contribution in [0.2, 0.25) is 0 Å². The van der Waals surface area contributed by atoms with E-state index in [0.29, 0.717) is 6.29 Å². The molecule has 0 aromatic heterocycles. The minimum Gasteiger partial charge on any atom is -0.298 e. The molecule has 0 fully saturated rings. The lowest BCUT2D eigenvalue weighted by molar-refractivity contribution is -0.385. The van der Waals surface area contributed by atoms with Gasteiger partial charge in [0.05, 0.1) is 22.1 Å². The molecule has 0 saturated carbocycles. The molecule has 0 aliphatic carbocycles. The number of carbonyl (C=O) groups is 2. The molecule has 74 valence electrons. The smallest absolute Gasteiger partial charge is 0.280 e. The number of carbonyl (C=O) groups excluding carboxylic acids is 2. The Hall–Kier alpha value is -2.55. The SMILES string of the molecule is N#Cc1cc(C=O)c([N+](=O)[O-])cc1C=O. The molecule has 0 saturated heterocycles. The van der Waals surface area contributed by atoms with Crippen molar-refractivity contribution in [2.45, 2.75) is 0 Å². The third kappa shape index (κ3) is 1.86. The second kappa shape index (κ2) is 4.11. The second-order valence-corrected chi connectivity index (χ2v) is 2.60. The molecular weight excluding hydrogens is 200 g/mol. The molecule has 0 amide bonds. The highest BCUT2D eigenvalue weighted by molar-refractivity contribution is 5.88. The maximum absolute atomic E-state index is 10.5. The Morgan fingerprint density at radius 2 is 1.87 bits per heavy atom. The second-order valence-electron chi connectivity index (χ2n) is 2.60. The molecule has 0 unspecified atom stereocenters. The van der Waals surface area contributed by atoms with E-state index in [1.807, 2.05) is 0 Å². The lowest BCUT2D eigenvalue weighted by Gasteiger charge is -1.98. The molecule has 0 aliphatic rings. The van der Waals surface area contributed by atoms with Crippen LogP contribution in [-0.2, 0) is 0 Å². The molecular formula is C9H4N2O4. The first-order valence-corrected chi connectivity index (χ1v) is 3.77. The first kappa shape index (κ1) is 10.5. The van der Waals surface area contributed by atoms with Crippen LogP contribution in [0, 0.1) is 21.4 Å². The van der Waals surface area contributed by atoms with Crippen LogP contribution in [0.5, 0.6) is 0 Å². The minimum absolute atomic E-state index is 0.0577. The van der Waals surface area contributed by atoms with Gasteiger partial charge in [0.25, 0.3) is 5.69 Å². The number of nitrogens with zero attached hydrogens (tertiary/aromatic N) is 2. The van der Waals surface area contributed by atoms with Crippen molar-refractivity contribution in [2.24, 2.45) is 0 Å². The molecule has 0 bridgehead atoms. The molecule has 1 aromatic rings. The molecule has 15 heavy (non-hydrogen) atoms. The summed E-state index contributed by atoms with van der Waals surface area (Å²) in [6.45, 7) is 0. The van der Waals surface area contributed by atoms with E-state index in [1.165, 1.54) is 0 Å². The van der Waals surface area contributed by atoms with Gasteiger partial charge in [0.1, 0.15) is 0 Å².